The smallest absolute Gasteiger partial charge is 0.231 e. The molecule has 0 bridgehead atoms. The zero-order valence-electron chi connectivity index (χ0n) is 23.5. The van der Waals surface area contributed by atoms with Gasteiger partial charge in [-0.15, -0.1) is 0 Å². The van der Waals surface area contributed by atoms with E-state index in [0.717, 1.165) is 54.3 Å². The molecule has 2 aliphatic heterocycles. The molecular weight excluding hydrogens is 522 g/mol. The average molecular weight is 562 g/mol. The topological polar surface area (TPSA) is 82.9 Å². The maximum Gasteiger partial charge on any atom is 0.231 e. The lowest BCUT2D eigenvalue weighted by Crippen LogP contribution is -2.40. The molecule has 1 unspecified atom stereocenters. The number of carbonyl (C=O) groups excluding carboxylic acids is 1. The van der Waals surface area contributed by atoms with Crippen LogP contribution < -0.4 is 15.1 Å². The van der Waals surface area contributed by atoms with E-state index in [2.05, 4.69) is 40.2 Å². The van der Waals surface area contributed by atoms with Crippen molar-refractivity contribution in [1.29, 1.82) is 0 Å². The third-order valence-corrected chi connectivity index (χ3v) is 10.4. The minimum Gasteiger partial charge on any atom is -0.464 e. The second-order valence-corrected chi connectivity index (χ2v) is 14.0. The van der Waals surface area contributed by atoms with E-state index >= 15 is 0 Å². The molecule has 1 atom stereocenters. The first-order valence-corrected chi connectivity index (χ1v) is 16.3. The van der Waals surface area contributed by atoms with Crippen LogP contribution in [0.1, 0.15) is 66.4 Å². The van der Waals surface area contributed by atoms with Gasteiger partial charge in [0, 0.05) is 43.1 Å². The fraction of sp³-hybridized carbons (Fsp3) is 0.469. The molecule has 1 aromatic heterocycles. The Hall–Kier alpha value is -3.26. The van der Waals surface area contributed by atoms with E-state index in [0.29, 0.717) is 13.1 Å². The summed E-state index contributed by atoms with van der Waals surface area (Å²) in [6.45, 7) is 7.11. The summed E-state index contributed by atoms with van der Waals surface area (Å²) < 4.78 is 29.8. The minimum atomic E-state index is -2.93. The van der Waals surface area contributed by atoms with E-state index in [9.17, 15) is 13.2 Å². The lowest BCUT2D eigenvalue weighted by Gasteiger charge is -2.33. The van der Waals surface area contributed by atoms with Gasteiger partial charge in [-0.1, -0.05) is 24.3 Å². The van der Waals surface area contributed by atoms with E-state index < -0.39 is 15.3 Å². The quantitative estimate of drug-likeness (QED) is 0.434. The maximum atomic E-state index is 14.1. The molecule has 0 radical (unpaired) electrons. The Bertz CT molecular complexity index is 1470. The summed E-state index contributed by atoms with van der Waals surface area (Å²) in [6, 6.07) is 18.2. The first-order valence-electron chi connectivity index (χ1n) is 14.5. The Morgan fingerprint density at radius 1 is 0.875 bits per heavy atom. The first-order chi connectivity index (χ1) is 19.2. The highest BCUT2D eigenvalue weighted by atomic mass is 32.2. The van der Waals surface area contributed by atoms with E-state index in [-0.39, 0.29) is 23.5 Å². The Kier molecular flexibility index (Phi) is 7.15. The first kappa shape index (κ1) is 26.9. The van der Waals surface area contributed by atoms with Gasteiger partial charge in [-0.25, -0.2) is 8.42 Å². The molecule has 2 saturated heterocycles. The van der Waals surface area contributed by atoms with Gasteiger partial charge in [-0.3, -0.25) is 4.79 Å². The predicted molar refractivity (Wildman–Crippen MR) is 159 cm³/mol. The van der Waals surface area contributed by atoms with Gasteiger partial charge in [0.1, 0.15) is 17.6 Å². The average Bonchev–Trinajstić information content (AvgIpc) is 3.67. The number of hydrogen-bond acceptors (Lipinski definition) is 6. The highest BCUT2D eigenvalue weighted by Gasteiger charge is 2.52. The van der Waals surface area contributed by atoms with Gasteiger partial charge in [0.05, 0.1) is 16.9 Å². The van der Waals surface area contributed by atoms with Crippen molar-refractivity contribution in [2.45, 2.75) is 57.4 Å². The number of rotatable bonds is 7. The van der Waals surface area contributed by atoms with Crippen molar-refractivity contribution < 1.29 is 17.6 Å². The van der Waals surface area contributed by atoms with Crippen LogP contribution in [0, 0.1) is 13.8 Å². The molecule has 6 rings (SSSR count). The van der Waals surface area contributed by atoms with Crippen molar-refractivity contribution in [2.75, 3.05) is 47.5 Å². The Balaban J connectivity index is 1.27. The third kappa shape index (κ3) is 5.38. The molecule has 3 aliphatic rings. The molecule has 212 valence electrons. The van der Waals surface area contributed by atoms with Crippen LogP contribution >= 0.6 is 0 Å². The normalized spacial score (nSPS) is 20.6. The largest absolute Gasteiger partial charge is 0.464 e. The number of benzene rings is 2. The van der Waals surface area contributed by atoms with E-state index in [1.165, 1.54) is 30.5 Å². The Morgan fingerprint density at radius 3 is 2.20 bits per heavy atom. The Morgan fingerprint density at radius 2 is 1.57 bits per heavy atom. The number of sulfone groups is 1. The number of anilines is 2. The molecule has 3 fully saturated rings. The third-order valence-electron chi connectivity index (χ3n) is 8.83. The molecule has 8 heteroatoms. The number of nitrogens with zero attached hydrogens (tertiary/aromatic N) is 2. The lowest BCUT2D eigenvalue weighted by molar-refractivity contribution is -0.124. The number of carbonyl (C=O) groups is 1. The fourth-order valence-electron chi connectivity index (χ4n) is 6.22. The van der Waals surface area contributed by atoms with Gasteiger partial charge >= 0.3 is 0 Å². The summed E-state index contributed by atoms with van der Waals surface area (Å²) in [5.74, 6) is 1.97. The van der Waals surface area contributed by atoms with Crippen LogP contribution in [0.4, 0.5) is 11.4 Å². The lowest BCUT2D eigenvalue weighted by atomic mass is 9.92. The number of nitrogens with one attached hydrogen (secondary N) is 1. The molecule has 40 heavy (non-hydrogen) atoms. The van der Waals surface area contributed by atoms with Gasteiger partial charge in [-0.2, -0.15) is 0 Å². The second-order valence-electron chi connectivity index (χ2n) is 11.7. The monoisotopic (exact) mass is 561 g/mol. The predicted octanol–water partition coefficient (Wildman–Crippen LogP) is 5.06. The van der Waals surface area contributed by atoms with Crippen molar-refractivity contribution in [3.8, 4) is 0 Å². The van der Waals surface area contributed by atoms with Crippen LogP contribution in [0.3, 0.4) is 0 Å². The van der Waals surface area contributed by atoms with Gasteiger partial charge in [-0.05, 0) is 87.4 Å². The molecule has 3 heterocycles. The number of amides is 1. The highest BCUT2D eigenvalue weighted by Crippen LogP contribution is 2.49. The van der Waals surface area contributed by atoms with Crippen molar-refractivity contribution in [2.24, 2.45) is 0 Å². The molecule has 1 N–H and O–H groups in total. The van der Waals surface area contributed by atoms with Crippen molar-refractivity contribution >= 4 is 27.1 Å². The van der Waals surface area contributed by atoms with Crippen LogP contribution in [-0.4, -0.2) is 52.0 Å². The van der Waals surface area contributed by atoms with Crippen molar-refractivity contribution in [3.05, 3.63) is 82.8 Å². The molecule has 7 nitrogen and oxygen atoms in total. The molecule has 0 spiro atoms. The van der Waals surface area contributed by atoms with Crippen molar-refractivity contribution in [1.82, 2.24) is 5.32 Å². The SMILES string of the molecule is Cc1ccc(C(NC(=O)C2(c3ccc(N4CCS(=O)(=O)CC4)cc3)CC2)c2ccc(C)o2)c(N2CCCCC2)c1. The van der Waals surface area contributed by atoms with Crippen LogP contribution in [0.2, 0.25) is 0 Å². The summed E-state index contributed by atoms with van der Waals surface area (Å²) in [5, 5.41) is 3.41. The molecule has 1 amide bonds. The molecule has 3 aromatic rings. The molecule has 1 saturated carbocycles. The zero-order valence-corrected chi connectivity index (χ0v) is 24.3. The second kappa shape index (κ2) is 10.6. The summed E-state index contributed by atoms with van der Waals surface area (Å²) in [7, 11) is -2.93. The number of piperidine rings is 1. The number of hydrogen-bond donors (Lipinski definition) is 1. The highest BCUT2D eigenvalue weighted by molar-refractivity contribution is 7.91. The van der Waals surface area contributed by atoms with Gasteiger partial charge < -0.3 is 19.5 Å². The van der Waals surface area contributed by atoms with Crippen molar-refractivity contribution in [3.63, 3.8) is 0 Å². The van der Waals surface area contributed by atoms with Gasteiger partial charge in [0.2, 0.25) is 5.91 Å². The standard InChI is InChI=1S/C32H39N3O4S/c1-23-6-12-27(28(22-23)35-16-4-3-5-17-35)30(29-13-7-24(2)39-29)33-31(36)32(14-15-32)25-8-10-26(11-9-25)34-18-20-40(37,38)21-19-34/h6-13,22,30H,3-5,14-21H2,1-2H3,(H,33,36). The van der Waals surface area contributed by atoms with E-state index in [4.69, 9.17) is 4.42 Å². The zero-order chi connectivity index (χ0) is 27.9. The maximum absolute atomic E-state index is 14.1. The van der Waals surface area contributed by atoms with Gasteiger partial charge in [0.25, 0.3) is 0 Å². The van der Waals surface area contributed by atoms with E-state index in [1.807, 2.05) is 43.3 Å². The summed E-state index contributed by atoms with van der Waals surface area (Å²) in [4.78, 5) is 18.6. The number of furan rings is 1. The molecule has 1 aliphatic carbocycles. The summed E-state index contributed by atoms with van der Waals surface area (Å²) in [5.41, 5.74) is 4.91. The van der Waals surface area contributed by atoms with Crippen LogP contribution in [0.15, 0.2) is 59.0 Å². The van der Waals surface area contributed by atoms with E-state index in [1.54, 1.807) is 0 Å². The van der Waals surface area contributed by atoms with Crippen LogP contribution in [0.5, 0.6) is 0 Å². The van der Waals surface area contributed by atoms with Crippen LogP contribution in [-0.2, 0) is 20.0 Å². The fourth-order valence-corrected chi connectivity index (χ4v) is 7.42. The van der Waals surface area contributed by atoms with Crippen LogP contribution in [0.25, 0.3) is 0 Å². The molecule has 2 aromatic carbocycles. The Labute approximate surface area is 237 Å². The molecular formula is C32H39N3O4S. The minimum absolute atomic E-state index is 0.0218. The summed E-state index contributed by atoms with van der Waals surface area (Å²) in [6.07, 6.45) is 5.22. The number of aryl methyl sites for hydroxylation is 2. The summed E-state index contributed by atoms with van der Waals surface area (Å²) >= 11 is 0. The van der Waals surface area contributed by atoms with Gasteiger partial charge in [0.15, 0.2) is 9.84 Å².